The van der Waals surface area contributed by atoms with Crippen LogP contribution in [0.15, 0.2) is 24.3 Å². The molecule has 4 heteroatoms. The molecule has 4 nitrogen and oxygen atoms in total. The first-order chi connectivity index (χ1) is 10.2. The molecule has 1 saturated heterocycles. The first kappa shape index (κ1) is 16.1. The van der Waals surface area contributed by atoms with Gasteiger partial charge in [-0.05, 0) is 25.1 Å². The average Bonchev–Trinajstić information content (AvgIpc) is 2.49. The van der Waals surface area contributed by atoms with Crippen LogP contribution >= 0.6 is 0 Å². The van der Waals surface area contributed by atoms with Crippen LogP contribution in [0.25, 0.3) is 0 Å². The SMILES string of the molecule is CNCc1ccc(CN2CCN(CCC(C)=O)CC2)cc1. The average molecular weight is 289 g/mol. The van der Waals surface area contributed by atoms with Crippen LogP contribution in [0.3, 0.4) is 0 Å². The van der Waals surface area contributed by atoms with Gasteiger partial charge in [0, 0.05) is 52.2 Å². The number of hydrogen-bond acceptors (Lipinski definition) is 4. The van der Waals surface area contributed by atoms with Crippen LogP contribution in [0.5, 0.6) is 0 Å². The summed E-state index contributed by atoms with van der Waals surface area (Å²) in [5, 5.41) is 3.17. The molecule has 21 heavy (non-hydrogen) atoms. The van der Waals surface area contributed by atoms with E-state index >= 15 is 0 Å². The van der Waals surface area contributed by atoms with Crippen LogP contribution in [0.2, 0.25) is 0 Å². The van der Waals surface area contributed by atoms with E-state index in [0.29, 0.717) is 12.2 Å². The lowest BCUT2D eigenvalue weighted by Crippen LogP contribution is -2.46. The summed E-state index contributed by atoms with van der Waals surface area (Å²) in [5.41, 5.74) is 2.71. The molecule has 0 unspecified atom stereocenters. The number of benzene rings is 1. The molecular formula is C17H27N3O. The molecule has 0 spiro atoms. The molecule has 0 saturated carbocycles. The Kier molecular flexibility index (Phi) is 6.36. The highest BCUT2D eigenvalue weighted by molar-refractivity contribution is 5.75. The number of nitrogens with one attached hydrogen (secondary N) is 1. The second-order valence-corrected chi connectivity index (χ2v) is 5.92. The highest BCUT2D eigenvalue weighted by atomic mass is 16.1. The van der Waals surface area contributed by atoms with Crippen LogP contribution in [-0.2, 0) is 17.9 Å². The van der Waals surface area contributed by atoms with Crippen molar-refractivity contribution < 1.29 is 4.79 Å². The number of rotatable bonds is 7. The number of carbonyl (C=O) groups is 1. The summed E-state index contributed by atoms with van der Waals surface area (Å²) in [7, 11) is 1.97. The van der Waals surface area contributed by atoms with E-state index in [9.17, 15) is 4.79 Å². The normalized spacial score (nSPS) is 17.0. The molecule has 1 fully saturated rings. The number of piperazine rings is 1. The topological polar surface area (TPSA) is 35.6 Å². The first-order valence-electron chi connectivity index (χ1n) is 7.84. The molecule has 0 amide bonds. The fourth-order valence-corrected chi connectivity index (χ4v) is 2.71. The van der Waals surface area contributed by atoms with Crippen molar-refractivity contribution in [2.45, 2.75) is 26.4 Å². The van der Waals surface area contributed by atoms with Crippen LogP contribution < -0.4 is 5.32 Å². The van der Waals surface area contributed by atoms with E-state index < -0.39 is 0 Å². The maximum Gasteiger partial charge on any atom is 0.131 e. The summed E-state index contributed by atoms with van der Waals surface area (Å²) in [6, 6.07) is 8.87. The molecule has 2 rings (SSSR count). The summed E-state index contributed by atoms with van der Waals surface area (Å²) in [5.74, 6) is 0.291. The highest BCUT2D eigenvalue weighted by Gasteiger charge is 2.16. The molecule has 1 aliphatic rings. The van der Waals surface area contributed by atoms with Gasteiger partial charge in [0.25, 0.3) is 0 Å². The fourth-order valence-electron chi connectivity index (χ4n) is 2.71. The van der Waals surface area contributed by atoms with Gasteiger partial charge < -0.3 is 10.2 Å². The second kappa shape index (κ2) is 8.27. The Hall–Kier alpha value is -1.23. The number of nitrogens with zero attached hydrogens (tertiary/aromatic N) is 2. The Morgan fingerprint density at radius 3 is 2.19 bits per heavy atom. The molecule has 1 heterocycles. The molecule has 0 radical (unpaired) electrons. The third kappa shape index (κ3) is 5.58. The standard InChI is InChI=1S/C17H27N3O/c1-15(21)7-8-19-9-11-20(12-10-19)14-17-5-3-16(4-6-17)13-18-2/h3-6,18H,7-14H2,1-2H3. The van der Waals surface area contributed by atoms with E-state index in [1.54, 1.807) is 6.92 Å². The summed E-state index contributed by atoms with van der Waals surface area (Å²) in [4.78, 5) is 15.9. The molecule has 0 atom stereocenters. The van der Waals surface area contributed by atoms with Crippen molar-refractivity contribution >= 4 is 5.78 Å². The molecule has 1 aromatic carbocycles. The van der Waals surface area contributed by atoms with Crippen molar-refractivity contribution in [3.63, 3.8) is 0 Å². The van der Waals surface area contributed by atoms with Gasteiger partial charge in [-0.15, -0.1) is 0 Å². The summed E-state index contributed by atoms with van der Waals surface area (Å²) >= 11 is 0. The van der Waals surface area contributed by atoms with Gasteiger partial charge >= 0.3 is 0 Å². The van der Waals surface area contributed by atoms with E-state index in [1.807, 2.05) is 7.05 Å². The van der Waals surface area contributed by atoms with Crippen molar-refractivity contribution in [2.24, 2.45) is 0 Å². The molecule has 1 N–H and O–H groups in total. The van der Waals surface area contributed by atoms with Crippen molar-refractivity contribution in [3.8, 4) is 0 Å². The van der Waals surface area contributed by atoms with Crippen molar-refractivity contribution in [2.75, 3.05) is 39.8 Å². The van der Waals surface area contributed by atoms with Gasteiger partial charge in [0.1, 0.15) is 5.78 Å². The quantitative estimate of drug-likeness (QED) is 0.825. The molecule has 0 bridgehead atoms. The number of hydrogen-bond donors (Lipinski definition) is 1. The van der Waals surface area contributed by atoms with E-state index in [0.717, 1.165) is 45.8 Å². The zero-order valence-corrected chi connectivity index (χ0v) is 13.3. The largest absolute Gasteiger partial charge is 0.316 e. The summed E-state index contributed by atoms with van der Waals surface area (Å²) in [6.07, 6.45) is 0.687. The lowest BCUT2D eigenvalue weighted by Gasteiger charge is -2.34. The van der Waals surface area contributed by atoms with Crippen molar-refractivity contribution in [1.29, 1.82) is 0 Å². The molecule has 1 aromatic rings. The minimum atomic E-state index is 0.291. The number of carbonyl (C=O) groups excluding carboxylic acids is 1. The van der Waals surface area contributed by atoms with Gasteiger partial charge in [0.05, 0.1) is 0 Å². The molecular weight excluding hydrogens is 262 g/mol. The highest BCUT2D eigenvalue weighted by Crippen LogP contribution is 2.10. The third-order valence-corrected chi connectivity index (χ3v) is 4.06. The minimum Gasteiger partial charge on any atom is -0.316 e. The Morgan fingerprint density at radius 1 is 1.05 bits per heavy atom. The van der Waals surface area contributed by atoms with Gasteiger partial charge in [0.15, 0.2) is 0 Å². The zero-order valence-electron chi connectivity index (χ0n) is 13.3. The predicted octanol–water partition coefficient (Wildman–Crippen LogP) is 1.50. The van der Waals surface area contributed by atoms with E-state index in [4.69, 9.17) is 0 Å². The number of Topliss-reactive ketones (excluding diaryl/α,β-unsaturated/α-hetero) is 1. The molecule has 1 aliphatic heterocycles. The van der Waals surface area contributed by atoms with E-state index in [1.165, 1.54) is 11.1 Å². The smallest absolute Gasteiger partial charge is 0.131 e. The molecule has 0 aliphatic carbocycles. The van der Waals surface area contributed by atoms with Crippen molar-refractivity contribution in [1.82, 2.24) is 15.1 Å². The Balaban J connectivity index is 1.74. The van der Waals surface area contributed by atoms with Gasteiger partial charge in [-0.2, -0.15) is 0 Å². The van der Waals surface area contributed by atoms with Crippen molar-refractivity contribution in [3.05, 3.63) is 35.4 Å². The van der Waals surface area contributed by atoms with Gasteiger partial charge in [0.2, 0.25) is 0 Å². The van der Waals surface area contributed by atoms with Crippen LogP contribution in [0.1, 0.15) is 24.5 Å². The van der Waals surface area contributed by atoms with Gasteiger partial charge in [-0.1, -0.05) is 24.3 Å². The van der Waals surface area contributed by atoms with Gasteiger partial charge in [-0.3, -0.25) is 9.69 Å². The van der Waals surface area contributed by atoms with Crippen LogP contribution in [0.4, 0.5) is 0 Å². The molecule has 0 aromatic heterocycles. The minimum absolute atomic E-state index is 0.291. The summed E-state index contributed by atoms with van der Waals surface area (Å²) < 4.78 is 0. The van der Waals surface area contributed by atoms with Gasteiger partial charge in [-0.25, -0.2) is 0 Å². The second-order valence-electron chi connectivity index (χ2n) is 5.92. The monoisotopic (exact) mass is 289 g/mol. The van der Waals surface area contributed by atoms with E-state index in [2.05, 4.69) is 39.4 Å². The maximum absolute atomic E-state index is 11.0. The Bertz CT molecular complexity index is 436. The zero-order chi connectivity index (χ0) is 15.1. The molecule has 116 valence electrons. The summed E-state index contributed by atoms with van der Waals surface area (Å²) in [6.45, 7) is 8.88. The lowest BCUT2D eigenvalue weighted by atomic mass is 10.1. The fraction of sp³-hybridized carbons (Fsp3) is 0.588. The predicted molar refractivity (Wildman–Crippen MR) is 86.2 cm³/mol. The van der Waals surface area contributed by atoms with E-state index in [-0.39, 0.29) is 0 Å². The lowest BCUT2D eigenvalue weighted by molar-refractivity contribution is -0.117. The maximum atomic E-state index is 11.0. The van der Waals surface area contributed by atoms with Crippen LogP contribution in [0, 0.1) is 0 Å². The number of ketones is 1. The third-order valence-electron chi connectivity index (χ3n) is 4.06. The Labute approximate surface area is 128 Å². The Morgan fingerprint density at radius 2 is 1.62 bits per heavy atom. The van der Waals surface area contributed by atoms with Crippen LogP contribution in [-0.4, -0.2) is 55.4 Å². The first-order valence-corrected chi connectivity index (χ1v) is 7.84.